The van der Waals surface area contributed by atoms with Crippen LogP contribution in [0.4, 0.5) is 0 Å². The third kappa shape index (κ3) is 2.57. The Morgan fingerprint density at radius 2 is 1.88 bits per heavy atom. The number of carbonyl (C=O) groups excluding carboxylic acids is 3. The van der Waals surface area contributed by atoms with Crippen LogP contribution in [0, 0.1) is 17.8 Å². The van der Waals surface area contributed by atoms with E-state index in [1.165, 1.54) is 6.92 Å². The maximum Gasteiger partial charge on any atom is 0.147 e. The third-order valence-corrected chi connectivity index (χ3v) is 3.59. The van der Waals surface area contributed by atoms with E-state index in [1.807, 2.05) is 13.8 Å². The molecule has 3 unspecified atom stereocenters. The normalized spacial score (nSPS) is 30.6. The zero-order valence-corrected chi connectivity index (χ0v) is 10.3. The average molecular weight is 224 g/mol. The first-order valence-corrected chi connectivity index (χ1v) is 6.07. The monoisotopic (exact) mass is 224 g/mol. The zero-order valence-electron chi connectivity index (χ0n) is 10.3. The number of hydrogen-bond donors (Lipinski definition) is 0. The van der Waals surface area contributed by atoms with E-state index in [9.17, 15) is 14.4 Å². The molecule has 0 bridgehead atoms. The van der Waals surface area contributed by atoms with Crippen LogP contribution in [-0.2, 0) is 14.4 Å². The molecule has 0 saturated heterocycles. The highest BCUT2D eigenvalue weighted by Gasteiger charge is 2.41. The van der Waals surface area contributed by atoms with Crippen molar-refractivity contribution in [2.24, 2.45) is 17.8 Å². The molecule has 0 spiro atoms. The molecular weight excluding hydrogens is 204 g/mol. The fourth-order valence-corrected chi connectivity index (χ4v) is 2.66. The minimum Gasteiger partial charge on any atom is -0.300 e. The summed E-state index contributed by atoms with van der Waals surface area (Å²) in [6, 6.07) is 0. The SMILES string of the molecule is CCC1CC(=O)C(CC(C)=O)C(=O)C1CC. The number of carbonyl (C=O) groups is 3. The standard InChI is InChI=1S/C13H20O3/c1-4-9-7-12(15)11(6-8(3)14)13(16)10(9)5-2/h9-11H,4-7H2,1-3H3. The summed E-state index contributed by atoms with van der Waals surface area (Å²) in [4.78, 5) is 34.9. The highest BCUT2D eigenvalue weighted by atomic mass is 16.2. The first-order chi connectivity index (χ1) is 7.51. The van der Waals surface area contributed by atoms with Crippen LogP contribution in [0.15, 0.2) is 0 Å². The topological polar surface area (TPSA) is 51.2 Å². The summed E-state index contributed by atoms with van der Waals surface area (Å²) < 4.78 is 0. The van der Waals surface area contributed by atoms with Crippen LogP contribution in [0.3, 0.4) is 0 Å². The molecule has 0 radical (unpaired) electrons. The van der Waals surface area contributed by atoms with Crippen molar-refractivity contribution in [3.8, 4) is 0 Å². The molecule has 3 nitrogen and oxygen atoms in total. The van der Waals surface area contributed by atoms with Crippen molar-refractivity contribution in [1.29, 1.82) is 0 Å². The van der Waals surface area contributed by atoms with E-state index in [4.69, 9.17) is 0 Å². The second kappa shape index (κ2) is 5.37. The molecule has 3 heteroatoms. The van der Waals surface area contributed by atoms with Crippen LogP contribution in [0.25, 0.3) is 0 Å². The Hall–Kier alpha value is -0.990. The lowest BCUT2D eigenvalue weighted by Crippen LogP contribution is -2.41. The van der Waals surface area contributed by atoms with Crippen molar-refractivity contribution in [2.75, 3.05) is 0 Å². The van der Waals surface area contributed by atoms with Crippen LogP contribution in [0.5, 0.6) is 0 Å². The molecule has 0 N–H and O–H groups in total. The van der Waals surface area contributed by atoms with Gasteiger partial charge < -0.3 is 0 Å². The number of rotatable bonds is 4. The lowest BCUT2D eigenvalue weighted by atomic mass is 9.69. The van der Waals surface area contributed by atoms with Gasteiger partial charge in [0.1, 0.15) is 17.3 Å². The van der Waals surface area contributed by atoms with Crippen LogP contribution >= 0.6 is 0 Å². The van der Waals surface area contributed by atoms with Gasteiger partial charge in [0.25, 0.3) is 0 Å². The van der Waals surface area contributed by atoms with Crippen molar-refractivity contribution in [1.82, 2.24) is 0 Å². The van der Waals surface area contributed by atoms with E-state index in [1.54, 1.807) is 0 Å². The predicted molar refractivity (Wildman–Crippen MR) is 61.0 cm³/mol. The van der Waals surface area contributed by atoms with E-state index in [2.05, 4.69) is 0 Å². The Kier molecular flexibility index (Phi) is 4.39. The molecule has 16 heavy (non-hydrogen) atoms. The van der Waals surface area contributed by atoms with Crippen molar-refractivity contribution in [2.45, 2.75) is 46.5 Å². The number of Topliss-reactive ketones (excluding diaryl/α,β-unsaturated/α-hetero) is 3. The van der Waals surface area contributed by atoms with Gasteiger partial charge in [-0.2, -0.15) is 0 Å². The molecule has 0 heterocycles. The summed E-state index contributed by atoms with van der Waals surface area (Å²) in [7, 11) is 0. The fourth-order valence-electron chi connectivity index (χ4n) is 2.66. The smallest absolute Gasteiger partial charge is 0.147 e. The van der Waals surface area contributed by atoms with Gasteiger partial charge in [-0.05, 0) is 19.3 Å². The molecule has 0 aromatic heterocycles. The van der Waals surface area contributed by atoms with Gasteiger partial charge >= 0.3 is 0 Å². The quantitative estimate of drug-likeness (QED) is 0.688. The van der Waals surface area contributed by atoms with Crippen molar-refractivity contribution < 1.29 is 14.4 Å². The first kappa shape index (κ1) is 13.1. The van der Waals surface area contributed by atoms with E-state index < -0.39 is 5.92 Å². The van der Waals surface area contributed by atoms with Crippen LogP contribution < -0.4 is 0 Å². The maximum atomic E-state index is 12.1. The molecule has 0 amide bonds. The Balaban J connectivity index is 2.85. The molecule has 0 aromatic carbocycles. The summed E-state index contributed by atoms with van der Waals surface area (Å²) in [5.74, 6) is -0.584. The lowest BCUT2D eigenvalue weighted by molar-refractivity contribution is -0.144. The first-order valence-electron chi connectivity index (χ1n) is 6.07. The Bertz CT molecular complexity index is 306. The van der Waals surface area contributed by atoms with Crippen molar-refractivity contribution >= 4 is 17.3 Å². The predicted octanol–water partition coefficient (Wildman–Crippen LogP) is 2.18. The lowest BCUT2D eigenvalue weighted by Gasteiger charge is -2.32. The summed E-state index contributed by atoms with van der Waals surface area (Å²) in [5, 5.41) is 0. The third-order valence-electron chi connectivity index (χ3n) is 3.59. The van der Waals surface area contributed by atoms with Gasteiger partial charge in [0.05, 0.1) is 5.92 Å². The Morgan fingerprint density at radius 1 is 1.25 bits per heavy atom. The molecule has 90 valence electrons. The minimum atomic E-state index is -0.648. The largest absolute Gasteiger partial charge is 0.300 e. The molecule has 1 rings (SSSR count). The van der Waals surface area contributed by atoms with Gasteiger partial charge in [0.15, 0.2) is 0 Å². The van der Waals surface area contributed by atoms with Gasteiger partial charge in [-0.15, -0.1) is 0 Å². The number of hydrogen-bond acceptors (Lipinski definition) is 3. The summed E-state index contributed by atoms with van der Waals surface area (Å²) in [5.41, 5.74) is 0. The second-order valence-corrected chi connectivity index (χ2v) is 4.71. The highest BCUT2D eigenvalue weighted by Crippen LogP contribution is 2.34. The van der Waals surface area contributed by atoms with Crippen LogP contribution in [0.2, 0.25) is 0 Å². The molecule has 3 atom stereocenters. The maximum absolute atomic E-state index is 12.1. The van der Waals surface area contributed by atoms with E-state index in [0.29, 0.717) is 6.42 Å². The van der Waals surface area contributed by atoms with Crippen LogP contribution in [-0.4, -0.2) is 17.3 Å². The summed E-state index contributed by atoms with van der Waals surface area (Å²) in [6.45, 7) is 5.43. The number of ketones is 3. The Labute approximate surface area is 96.6 Å². The van der Waals surface area contributed by atoms with E-state index >= 15 is 0 Å². The highest BCUT2D eigenvalue weighted by molar-refractivity contribution is 6.08. The molecule has 0 aliphatic heterocycles. The van der Waals surface area contributed by atoms with Crippen LogP contribution in [0.1, 0.15) is 46.5 Å². The van der Waals surface area contributed by atoms with E-state index in [-0.39, 0.29) is 35.6 Å². The van der Waals surface area contributed by atoms with E-state index in [0.717, 1.165) is 12.8 Å². The summed E-state index contributed by atoms with van der Waals surface area (Å²) >= 11 is 0. The minimum absolute atomic E-state index is 0.000741. The molecular formula is C13H20O3. The van der Waals surface area contributed by atoms with Gasteiger partial charge in [0.2, 0.25) is 0 Å². The average Bonchev–Trinajstić information content (AvgIpc) is 2.23. The van der Waals surface area contributed by atoms with Gasteiger partial charge in [-0.3, -0.25) is 14.4 Å². The molecule has 1 aliphatic carbocycles. The van der Waals surface area contributed by atoms with Crippen molar-refractivity contribution in [3.63, 3.8) is 0 Å². The van der Waals surface area contributed by atoms with Gasteiger partial charge in [0, 0.05) is 18.8 Å². The fraction of sp³-hybridized carbons (Fsp3) is 0.769. The second-order valence-electron chi connectivity index (χ2n) is 4.71. The van der Waals surface area contributed by atoms with Gasteiger partial charge in [-0.25, -0.2) is 0 Å². The Morgan fingerprint density at radius 3 is 2.31 bits per heavy atom. The van der Waals surface area contributed by atoms with Gasteiger partial charge in [-0.1, -0.05) is 20.3 Å². The zero-order chi connectivity index (χ0) is 12.3. The van der Waals surface area contributed by atoms with Crippen molar-refractivity contribution in [3.05, 3.63) is 0 Å². The molecule has 0 aromatic rings. The molecule has 1 aliphatic rings. The molecule has 1 fully saturated rings. The summed E-state index contributed by atoms with van der Waals surface area (Å²) in [6.07, 6.45) is 2.21. The molecule has 1 saturated carbocycles.